The molecule has 0 saturated carbocycles. The Kier molecular flexibility index (Phi) is 5.51. The van der Waals surface area contributed by atoms with Gasteiger partial charge in [-0.25, -0.2) is 15.0 Å². The lowest BCUT2D eigenvalue weighted by Crippen LogP contribution is -2.30. The number of anilines is 4. The van der Waals surface area contributed by atoms with Crippen molar-refractivity contribution in [2.45, 2.75) is 19.3 Å². The van der Waals surface area contributed by atoms with Crippen molar-refractivity contribution in [2.24, 2.45) is 0 Å². The lowest BCUT2D eigenvalue weighted by molar-refractivity contribution is 0.103. The molecule has 1 aliphatic heterocycles. The second kappa shape index (κ2) is 8.60. The number of benzene rings is 1. The molecule has 0 radical (unpaired) electrons. The van der Waals surface area contributed by atoms with Gasteiger partial charge in [0.2, 0.25) is 0 Å². The van der Waals surface area contributed by atoms with Crippen LogP contribution in [0.5, 0.6) is 0 Å². The average Bonchev–Trinajstić information content (AvgIpc) is 3.46. The van der Waals surface area contributed by atoms with Crippen molar-refractivity contribution >= 4 is 66.5 Å². The molecule has 1 fully saturated rings. The Bertz CT molecular complexity index is 1230. The van der Waals surface area contributed by atoms with Gasteiger partial charge in [0.25, 0.3) is 5.91 Å². The number of nitrogens with one attached hydrogen (secondary N) is 3. The molecule has 0 unspecified atom stereocenters. The minimum absolute atomic E-state index is 0.239. The summed E-state index contributed by atoms with van der Waals surface area (Å²) in [5.41, 5.74) is 1.51. The zero-order chi connectivity index (χ0) is 21.2. The highest BCUT2D eigenvalue weighted by atomic mass is 79.9. The Balaban J connectivity index is 1.30. The van der Waals surface area contributed by atoms with Crippen LogP contribution in [0.25, 0.3) is 10.9 Å². The molecule has 5 rings (SSSR count). The lowest BCUT2D eigenvalue weighted by Gasteiger charge is -2.27. The van der Waals surface area contributed by atoms with E-state index < -0.39 is 0 Å². The molecule has 0 aliphatic carbocycles. The summed E-state index contributed by atoms with van der Waals surface area (Å²) < 4.78 is 0.781. The van der Waals surface area contributed by atoms with Crippen LogP contribution >= 0.6 is 27.3 Å². The van der Waals surface area contributed by atoms with Crippen LogP contribution in [0.15, 0.2) is 41.4 Å². The predicted molar refractivity (Wildman–Crippen MR) is 125 cm³/mol. The highest BCUT2D eigenvalue weighted by molar-refractivity contribution is 9.10. The minimum atomic E-state index is -0.239. The van der Waals surface area contributed by atoms with Crippen molar-refractivity contribution in [2.75, 3.05) is 28.6 Å². The summed E-state index contributed by atoms with van der Waals surface area (Å²) in [4.78, 5) is 28.6. The van der Waals surface area contributed by atoms with E-state index in [0.29, 0.717) is 21.5 Å². The number of aromatic amines is 1. The van der Waals surface area contributed by atoms with E-state index in [4.69, 9.17) is 0 Å². The van der Waals surface area contributed by atoms with E-state index in [0.717, 1.165) is 34.3 Å². The van der Waals surface area contributed by atoms with Crippen molar-refractivity contribution in [3.05, 3.63) is 46.3 Å². The van der Waals surface area contributed by atoms with Crippen LogP contribution in [0.3, 0.4) is 0 Å². The van der Waals surface area contributed by atoms with Gasteiger partial charge in [0.05, 0.1) is 23.6 Å². The van der Waals surface area contributed by atoms with Crippen molar-refractivity contribution in [1.29, 1.82) is 0 Å². The third kappa shape index (κ3) is 4.23. The standard InChI is InChI=1S/C20H19BrN8OS/c21-13-4-5-14-12(9-25-28-14)18(13)27-19(30)15-10-22-20(31-15)26-16-8-17(24-11-23-16)29-6-2-1-3-7-29/h4-5,8-11H,1-3,6-7H2,(H,25,28)(H,27,30)(H,22,23,24,26). The summed E-state index contributed by atoms with van der Waals surface area (Å²) in [5.74, 6) is 1.32. The van der Waals surface area contributed by atoms with Gasteiger partial charge in [0, 0.05) is 29.0 Å². The molecule has 31 heavy (non-hydrogen) atoms. The van der Waals surface area contributed by atoms with E-state index in [1.807, 2.05) is 18.2 Å². The molecule has 9 nitrogen and oxygen atoms in total. The molecule has 0 bridgehead atoms. The van der Waals surface area contributed by atoms with Crippen molar-refractivity contribution in [3.63, 3.8) is 0 Å². The molecule has 3 aromatic heterocycles. The maximum absolute atomic E-state index is 12.8. The number of carbonyl (C=O) groups excluding carboxylic acids is 1. The molecular weight excluding hydrogens is 480 g/mol. The van der Waals surface area contributed by atoms with Gasteiger partial charge in [-0.05, 0) is 47.3 Å². The Morgan fingerprint density at radius 1 is 1.13 bits per heavy atom. The molecule has 158 valence electrons. The van der Waals surface area contributed by atoms with E-state index >= 15 is 0 Å². The van der Waals surface area contributed by atoms with E-state index in [1.54, 1.807) is 18.7 Å². The maximum atomic E-state index is 12.8. The average molecular weight is 499 g/mol. The van der Waals surface area contributed by atoms with Crippen molar-refractivity contribution in [3.8, 4) is 0 Å². The highest BCUT2D eigenvalue weighted by Gasteiger charge is 2.16. The predicted octanol–water partition coefficient (Wildman–Crippen LogP) is 4.56. The van der Waals surface area contributed by atoms with Crippen LogP contribution in [-0.2, 0) is 0 Å². The number of hydrogen-bond donors (Lipinski definition) is 3. The van der Waals surface area contributed by atoms with Crippen LogP contribution < -0.4 is 15.5 Å². The summed E-state index contributed by atoms with van der Waals surface area (Å²) in [5, 5.41) is 14.5. The van der Waals surface area contributed by atoms with E-state index in [2.05, 4.69) is 56.6 Å². The number of nitrogens with zero attached hydrogens (tertiary/aromatic N) is 5. The summed E-state index contributed by atoms with van der Waals surface area (Å²) >= 11 is 4.76. The van der Waals surface area contributed by atoms with Gasteiger partial charge in [-0.1, -0.05) is 11.3 Å². The molecule has 1 amide bonds. The van der Waals surface area contributed by atoms with Crippen molar-refractivity contribution in [1.82, 2.24) is 25.1 Å². The molecule has 4 aromatic rings. The number of piperidine rings is 1. The van der Waals surface area contributed by atoms with Gasteiger partial charge in [0.1, 0.15) is 22.8 Å². The number of carbonyl (C=O) groups is 1. The fraction of sp³-hybridized carbons (Fsp3) is 0.250. The van der Waals surface area contributed by atoms with Gasteiger partial charge < -0.3 is 15.5 Å². The first-order valence-electron chi connectivity index (χ1n) is 9.90. The summed E-state index contributed by atoms with van der Waals surface area (Å²) in [6.07, 6.45) is 8.42. The van der Waals surface area contributed by atoms with Crippen LogP contribution in [0.2, 0.25) is 0 Å². The van der Waals surface area contributed by atoms with Crippen LogP contribution in [-0.4, -0.2) is 44.1 Å². The number of amides is 1. The number of H-pyrrole nitrogens is 1. The third-order valence-electron chi connectivity index (χ3n) is 5.11. The van der Waals surface area contributed by atoms with E-state index in [1.165, 1.54) is 30.6 Å². The van der Waals surface area contributed by atoms with Gasteiger partial charge in [-0.15, -0.1) is 0 Å². The molecule has 3 N–H and O–H groups in total. The normalized spacial score (nSPS) is 14.0. The summed E-state index contributed by atoms with van der Waals surface area (Å²) in [6.45, 7) is 2.02. The molecule has 1 saturated heterocycles. The first kappa shape index (κ1) is 19.9. The second-order valence-corrected chi connectivity index (χ2v) is 9.06. The number of hydrogen-bond acceptors (Lipinski definition) is 8. The number of aromatic nitrogens is 5. The highest BCUT2D eigenvalue weighted by Crippen LogP contribution is 2.32. The quantitative estimate of drug-likeness (QED) is 0.369. The lowest BCUT2D eigenvalue weighted by atomic mass is 10.1. The largest absolute Gasteiger partial charge is 0.356 e. The zero-order valence-electron chi connectivity index (χ0n) is 16.4. The monoisotopic (exact) mass is 498 g/mol. The molecule has 1 aromatic carbocycles. The number of rotatable bonds is 5. The molecule has 4 heterocycles. The first-order valence-corrected chi connectivity index (χ1v) is 11.5. The third-order valence-corrected chi connectivity index (χ3v) is 6.68. The SMILES string of the molecule is O=C(Nc1c(Br)ccc2[nH]ncc12)c1cnc(Nc2cc(N3CCCCC3)ncn2)s1. The number of thiazole rings is 1. The van der Waals surface area contributed by atoms with Crippen LogP contribution in [0.4, 0.5) is 22.5 Å². The maximum Gasteiger partial charge on any atom is 0.267 e. The topological polar surface area (TPSA) is 112 Å². The Labute approximate surface area is 190 Å². The molecular formula is C20H19BrN8OS. The van der Waals surface area contributed by atoms with Crippen LogP contribution in [0.1, 0.15) is 28.9 Å². The summed E-state index contributed by atoms with van der Waals surface area (Å²) in [7, 11) is 0. The van der Waals surface area contributed by atoms with Gasteiger partial charge in [-0.2, -0.15) is 5.10 Å². The smallest absolute Gasteiger partial charge is 0.267 e. The summed E-state index contributed by atoms with van der Waals surface area (Å²) in [6, 6.07) is 5.69. The van der Waals surface area contributed by atoms with Gasteiger partial charge >= 0.3 is 0 Å². The molecule has 1 aliphatic rings. The molecule has 0 spiro atoms. The molecule has 11 heteroatoms. The minimum Gasteiger partial charge on any atom is -0.356 e. The number of halogens is 1. The zero-order valence-corrected chi connectivity index (χ0v) is 18.8. The van der Waals surface area contributed by atoms with Gasteiger partial charge in [0.15, 0.2) is 5.13 Å². The Morgan fingerprint density at radius 3 is 2.87 bits per heavy atom. The second-order valence-electron chi connectivity index (χ2n) is 7.17. The number of fused-ring (bicyclic) bond motifs is 1. The molecule has 0 atom stereocenters. The fourth-order valence-electron chi connectivity index (χ4n) is 3.55. The Hall–Kier alpha value is -3.05. The first-order chi connectivity index (χ1) is 15.2. The van der Waals surface area contributed by atoms with Crippen molar-refractivity contribution < 1.29 is 4.79 Å². The van der Waals surface area contributed by atoms with E-state index in [9.17, 15) is 4.79 Å². The fourth-order valence-corrected chi connectivity index (χ4v) is 4.71. The van der Waals surface area contributed by atoms with E-state index in [-0.39, 0.29) is 5.91 Å². The Morgan fingerprint density at radius 2 is 2.00 bits per heavy atom. The van der Waals surface area contributed by atoms with Gasteiger partial charge in [-0.3, -0.25) is 9.89 Å². The van der Waals surface area contributed by atoms with Crippen LogP contribution in [0, 0.1) is 0 Å².